The molecule has 0 amide bonds. The predicted octanol–water partition coefficient (Wildman–Crippen LogP) is -11.6. The molecule has 3 N–H and O–H groups in total. The van der Waals surface area contributed by atoms with Gasteiger partial charge in [-0.15, -0.1) is 18.9 Å². The first-order valence-corrected chi connectivity index (χ1v) is 21.4. The van der Waals surface area contributed by atoms with Gasteiger partial charge in [-0.25, -0.2) is 33.7 Å². The molecule has 0 saturated carbocycles. The second-order valence-corrected chi connectivity index (χ2v) is 18.6. The maximum atomic E-state index is 12.4. The largest absolute Gasteiger partial charge is 1.00 e. The summed E-state index contributed by atoms with van der Waals surface area (Å²) in [6.45, 7) is 0. The molecule has 4 aromatic carbocycles. The monoisotopic (exact) mass is 947 g/mol. The fraction of sp³-hybridized carbons (Fsp3) is 0.0833. The molecule has 0 fully saturated rings. The summed E-state index contributed by atoms with van der Waals surface area (Å²) in [7, 11) is -17.2. The van der Waals surface area contributed by atoms with Crippen LogP contribution in [0.2, 0.25) is 0 Å². The minimum Gasteiger partial charge on any atom is -0.744 e. The first kappa shape index (κ1) is 56.9. The number of hydrogen-bond donors (Lipinski definition) is 2. The van der Waals surface area contributed by atoms with Crippen LogP contribution in [0.15, 0.2) is 101 Å². The van der Waals surface area contributed by atoms with Crippen molar-refractivity contribution in [1.82, 2.24) is 0 Å². The average molecular weight is 948 g/mol. The van der Waals surface area contributed by atoms with Gasteiger partial charge in [0.05, 0.1) is 47.9 Å². The van der Waals surface area contributed by atoms with Gasteiger partial charge in [-0.3, -0.25) is 14.3 Å². The van der Waals surface area contributed by atoms with Crippen LogP contribution in [0.25, 0.3) is 10.8 Å². The number of phenolic OH excluding ortho intramolecular Hbond substituents is 1. The Balaban J connectivity index is 0.00000784. The van der Waals surface area contributed by atoms with Crippen molar-refractivity contribution in [3.05, 3.63) is 60.7 Å². The van der Waals surface area contributed by atoms with E-state index in [4.69, 9.17) is 5.73 Å². The third-order valence-electron chi connectivity index (χ3n) is 6.34. The zero-order valence-corrected chi connectivity index (χ0v) is 42.3. The summed E-state index contributed by atoms with van der Waals surface area (Å²) in [5.74, 6) is -1.15. The Morgan fingerprint density at radius 2 is 1.11 bits per heavy atom. The van der Waals surface area contributed by atoms with Gasteiger partial charge in [-0.1, -0.05) is 0 Å². The third kappa shape index (κ3) is 15.3. The number of sulfone groups is 1. The molecule has 4 aromatic rings. The molecule has 0 bridgehead atoms. The van der Waals surface area contributed by atoms with Gasteiger partial charge < -0.3 is 30.5 Å². The molecular formula is C24H17N5Na4O18S6. The van der Waals surface area contributed by atoms with E-state index in [9.17, 15) is 62.6 Å². The van der Waals surface area contributed by atoms with Gasteiger partial charge in [-0.2, -0.15) is 10.2 Å². The smallest absolute Gasteiger partial charge is 0.744 e. The van der Waals surface area contributed by atoms with Crippen molar-refractivity contribution in [2.45, 2.75) is 19.6 Å². The van der Waals surface area contributed by atoms with E-state index in [-0.39, 0.29) is 134 Å². The number of benzene rings is 4. The number of anilines is 1. The first-order chi connectivity index (χ1) is 24.8. The number of nitrogens with two attached hydrogens (primary N) is 1. The number of nitrogens with zero attached hydrogens (tertiary/aromatic N) is 4. The topological polar surface area (TPSA) is 378 Å². The number of azo groups is 2. The SMILES string of the molecule is Nc1c(N=Nc2ccc(S(=O)CS(=O)OO[O-])cc2)c(S(=O)(=O)[O-])cc2cc(S(=O)(=O)[O-])c(N=Nc3ccc(S(=O)(=O)CS(=O)OO[O-])cc3)c(O)c12.[Na+].[Na+].[Na+].[Na+]. The van der Waals surface area contributed by atoms with Crippen LogP contribution in [0.3, 0.4) is 0 Å². The second kappa shape index (κ2) is 24.5. The number of nitrogen functional groups attached to an aromatic ring is 1. The molecule has 23 nitrogen and oxygen atoms in total. The van der Waals surface area contributed by atoms with Gasteiger partial charge in [0.2, 0.25) is 11.1 Å². The van der Waals surface area contributed by atoms with E-state index >= 15 is 0 Å². The molecule has 0 saturated heterocycles. The minimum atomic E-state index is -5.52. The third-order valence-corrected chi connectivity index (χ3v) is 13.9. The van der Waals surface area contributed by atoms with Crippen molar-refractivity contribution in [2.24, 2.45) is 20.5 Å². The minimum absolute atomic E-state index is 0. The van der Waals surface area contributed by atoms with E-state index < -0.39 is 121 Å². The Bertz CT molecular complexity index is 2530. The molecule has 0 heterocycles. The summed E-state index contributed by atoms with van der Waals surface area (Å²) < 4.78 is 141. The van der Waals surface area contributed by atoms with Gasteiger partial charge >= 0.3 is 118 Å². The Labute approximate surface area is 418 Å². The van der Waals surface area contributed by atoms with Crippen molar-refractivity contribution in [1.29, 1.82) is 0 Å². The Morgan fingerprint density at radius 1 is 0.667 bits per heavy atom. The van der Waals surface area contributed by atoms with Crippen molar-refractivity contribution < 1.29 is 200 Å². The molecule has 57 heavy (non-hydrogen) atoms. The van der Waals surface area contributed by atoms with Crippen molar-refractivity contribution in [3.8, 4) is 5.75 Å². The van der Waals surface area contributed by atoms with E-state index in [1.54, 1.807) is 0 Å². The Morgan fingerprint density at radius 3 is 1.58 bits per heavy atom. The zero-order chi connectivity index (χ0) is 39.3. The van der Waals surface area contributed by atoms with Crippen molar-refractivity contribution in [3.63, 3.8) is 0 Å². The zero-order valence-electron chi connectivity index (χ0n) is 29.4. The molecule has 0 aromatic heterocycles. The molecule has 0 spiro atoms. The number of hydrogen-bond acceptors (Lipinski definition) is 23. The molecular weight excluding hydrogens is 931 g/mol. The molecule has 286 valence electrons. The van der Waals surface area contributed by atoms with Gasteiger partial charge in [0, 0.05) is 4.90 Å². The second-order valence-electron chi connectivity index (χ2n) is 9.68. The summed E-state index contributed by atoms with van der Waals surface area (Å²) in [6.07, 6.45) is 0. The van der Waals surface area contributed by atoms with Crippen LogP contribution in [0.5, 0.6) is 5.75 Å². The molecule has 33 heteroatoms. The predicted molar refractivity (Wildman–Crippen MR) is 171 cm³/mol. The van der Waals surface area contributed by atoms with Gasteiger partial charge in [-0.05, 0) is 66.0 Å². The van der Waals surface area contributed by atoms with Crippen LogP contribution in [-0.2, 0) is 81.8 Å². The summed E-state index contributed by atoms with van der Waals surface area (Å²) >= 11 is -5.00. The molecule has 0 aliphatic heterocycles. The van der Waals surface area contributed by atoms with E-state index in [1.807, 2.05) is 0 Å². The van der Waals surface area contributed by atoms with Crippen LogP contribution in [-0.4, -0.2) is 62.3 Å². The van der Waals surface area contributed by atoms with Crippen LogP contribution in [0.1, 0.15) is 0 Å². The van der Waals surface area contributed by atoms with Crippen molar-refractivity contribution in [2.75, 3.05) is 15.9 Å². The molecule has 0 radical (unpaired) electrons. The Hall–Kier alpha value is -0.0800. The first-order valence-electron chi connectivity index (χ1n) is 13.2. The number of phenols is 1. The van der Waals surface area contributed by atoms with Gasteiger partial charge in [0.1, 0.15) is 36.7 Å². The standard InChI is InChI=1S/C24H21N5O18S6.4Na/c25-21-20-13(9-18(52(38,39)40)22(21)28-26-14-1-5-16(6-2-14)48(33)11-49(34)46-44-31)10-19(53(41,42)43)23(24(20)30)29-27-15-3-7-17(8-4-15)51(36,37)12-50(35)47-45-32;;;;/h1-10,30-32H,11-12,25H2,(H,38,39,40)(H,41,42,43);;;;/q;4*+1/p-4. The normalized spacial score (nSPS) is 13.5. The quantitative estimate of drug-likeness (QED) is 0.0263. The molecule has 0 aliphatic carbocycles. The summed E-state index contributed by atoms with van der Waals surface area (Å²) in [5, 5.41) is 48.8. The van der Waals surface area contributed by atoms with Crippen LogP contribution < -0.4 is 134 Å². The number of aromatic hydroxyl groups is 1. The van der Waals surface area contributed by atoms with Crippen molar-refractivity contribution >= 4 is 102 Å². The van der Waals surface area contributed by atoms with Crippen LogP contribution in [0, 0.1) is 0 Å². The molecule has 0 aliphatic rings. The van der Waals surface area contributed by atoms with Gasteiger partial charge in [0.25, 0.3) is 0 Å². The fourth-order valence-electron chi connectivity index (χ4n) is 4.14. The summed E-state index contributed by atoms with van der Waals surface area (Å²) in [4.78, 5) is -2.76. The van der Waals surface area contributed by atoms with E-state index in [0.717, 1.165) is 24.3 Å². The molecule has 4 rings (SSSR count). The molecule has 3 atom stereocenters. The summed E-state index contributed by atoms with van der Waals surface area (Å²) in [6, 6.07) is 9.91. The van der Waals surface area contributed by atoms with Crippen LogP contribution in [0.4, 0.5) is 28.4 Å². The van der Waals surface area contributed by atoms with Crippen LogP contribution >= 0.6 is 0 Å². The maximum Gasteiger partial charge on any atom is 1.00 e. The molecule has 3 unspecified atom stereocenters. The summed E-state index contributed by atoms with van der Waals surface area (Å²) in [5.41, 5.74) is 3.26. The van der Waals surface area contributed by atoms with E-state index in [0.29, 0.717) is 12.1 Å². The Kier molecular flexibility index (Phi) is 24.5. The average Bonchev–Trinajstić information content (AvgIpc) is 3.06. The number of fused-ring (bicyclic) bond motifs is 1. The fourth-order valence-corrected chi connectivity index (χ4v) is 9.68. The maximum absolute atomic E-state index is 12.4. The number of rotatable bonds is 16. The van der Waals surface area contributed by atoms with E-state index in [2.05, 4.69) is 39.2 Å². The van der Waals surface area contributed by atoms with E-state index in [1.165, 1.54) is 24.3 Å². The van der Waals surface area contributed by atoms with Gasteiger partial charge in [0.15, 0.2) is 31.8 Å².